The van der Waals surface area contributed by atoms with E-state index >= 15 is 0 Å². The first-order chi connectivity index (χ1) is 11.1. The van der Waals surface area contributed by atoms with Crippen molar-refractivity contribution >= 4 is 12.0 Å². The number of ether oxygens (including phenoxy) is 1. The molecule has 1 saturated heterocycles. The summed E-state index contributed by atoms with van der Waals surface area (Å²) in [5, 5.41) is 0. The van der Waals surface area contributed by atoms with Gasteiger partial charge in [-0.2, -0.15) is 0 Å². The molecule has 1 heterocycles. The van der Waals surface area contributed by atoms with E-state index in [0.29, 0.717) is 6.42 Å². The summed E-state index contributed by atoms with van der Waals surface area (Å²) in [7, 11) is 0. The fraction of sp³-hybridized carbons (Fsp3) is 0.263. The van der Waals surface area contributed by atoms with Crippen molar-refractivity contribution in [3.63, 3.8) is 0 Å². The number of fused-ring (bicyclic) bond motifs is 3. The standard InChI is InChI=1S/C19H17NO3/c1-12-5-4-6-13(9-12)10-17(21)20-18-15-8-3-2-7-14(15)11-16(18)23-19(20)22/h2-9,16,18H,10-11H2,1H3. The second kappa shape index (κ2) is 5.23. The molecule has 2 aliphatic rings. The first-order valence-corrected chi connectivity index (χ1v) is 7.79. The lowest BCUT2D eigenvalue weighted by Gasteiger charge is -2.19. The average Bonchev–Trinajstić information content (AvgIpc) is 3.01. The third kappa shape index (κ3) is 2.31. The van der Waals surface area contributed by atoms with Gasteiger partial charge >= 0.3 is 6.09 Å². The quantitative estimate of drug-likeness (QED) is 0.856. The van der Waals surface area contributed by atoms with Crippen molar-refractivity contribution in [1.29, 1.82) is 0 Å². The molecule has 1 aliphatic heterocycles. The van der Waals surface area contributed by atoms with Crippen LogP contribution in [-0.4, -0.2) is 23.0 Å². The summed E-state index contributed by atoms with van der Waals surface area (Å²) in [4.78, 5) is 26.2. The molecule has 2 amide bonds. The van der Waals surface area contributed by atoms with Crippen molar-refractivity contribution in [2.24, 2.45) is 0 Å². The van der Waals surface area contributed by atoms with E-state index in [1.807, 2.05) is 55.5 Å². The van der Waals surface area contributed by atoms with Gasteiger partial charge in [-0.1, -0.05) is 54.1 Å². The van der Waals surface area contributed by atoms with Crippen LogP contribution in [0.15, 0.2) is 48.5 Å². The van der Waals surface area contributed by atoms with E-state index < -0.39 is 6.09 Å². The van der Waals surface area contributed by atoms with Crippen molar-refractivity contribution in [3.05, 3.63) is 70.8 Å². The largest absolute Gasteiger partial charge is 0.443 e. The van der Waals surface area contributed by atoms with Gasteiger partial charge in [-0.05, 0) is 23.6 Å². The van der Waals surface area contributed by atoms with E-state index in [4.69, 9.17) is 4.74 Å². The van der Waals surface area contributed by atoms with Crippen molar-refractivity contribution in [3.8, 4) is 0 Å². The lowest BCUT2D eigenvalue weighted by Crippen LogP contribution is -2.35. The predicted octanol–water partition coefficient (Wildman–Crippen LogP) is 3.18. The van der Waals surface area contributed by atoms with Crippen LogP contribution < -0.4 is 0 Å². The molecule has 0 radical (unpaired) electrons. The molecular formula is C19H17NO3. The minimum atomic E-state index is -0.521. The zero-order chi connectivity index (χ0) is 16.0. The molecule has 23 heavy (non-hydrogen) atoms. The molecule has 1 aliphatic carbocycles. The summed E-state index contributed by atoms with van der Waals surface area (Å²) < 4.78 is 5.43. The molecule has 116 valence electrons. The number of hydrogen-bond donors (Lipinski definition) is 0. The van der Waals surface area contributed by atoms with Gasteiger partial charge in [0.25, 0.3) is 0 Å². The van der Waals surface area contributed by atoms with Crippen LogP contribution in [0, 0.1) is 6.92 Å². The molecule has 1 fully saturated rings. The summed E-state index contributed by atoms with van der Waals surface area (Å²) >= 11 is 0. The maximum absolute atomic E-state index is 12.7. The van der Waals surface area contributed by atoms with Gasteiger partial charge in [0, 0.05) is 6.42 Å². The van der Waals surface area contributed by atoms with E-state index in [2.05, 4.69) is 0 Å². The number of imide groups is 1. The van der Waals surface area contributed by atoms with Crippen LogP contribution in [0.1, 0.15) is 28.3 Å². The van der Waals surface area contributed by atoms with Crippen LogP contribution >= 0.6 is 0 Å². The van der Waals surface area contributed by atoms with Crippen LogP contribution in [0.4, 0.5) is 4.79 Å². The normalized spacial score (nSPS) is 21.8. The Morgan fingerprint density at radius 3 is 2.87 bits per heavy atom. The number of benzene rings is 2. The molecule has 4 rings (SSSR count). The minimum absolute atomic E-state index is 0.204. The van der Waals surface area contributed by atoms with Gasteiger partial charge in [0.2, 0.25) is 5.91 Å². The lowest BCUT2D eigenvalue weighted by molar-refractivity contribution is -0.128. The summed E-state index contributed by atoms with van der Waals surface area (Å²) in [6.07, 6.45) is 0.122. The molecule has 2 unspecified atom stereocenters. The lowest BCUT2D eigenvalue weighted by atomic mass is 10.0. The van der Waals surface area contributed by atoms with Crippen molar-refractivity contribution in [1.82, 2.24) is 4.90 Å². The third-order valence-corrected chi connectivity index (χ3v) is 4.58. The fourth-order valence-electron chi connectivity index (χ4n) is 3.59. The van der Waals surface area contributed by atoms with Crippen LogP contribution in [0.2, 0.25) is 0 Å². The molecular weight excluding hydrogens is 290 g/mol. The van der Waals surface area contributed by atoms with Gasteiger partial charge in [0.15, 0.2) is 0 Å². The topological polar surface area (TPSA) is 46.6 Å². The fourth-order valence-corrected chi connectivity index (χ4v) is 3.59. The molecule has 4 nitrogen and oxygen atoms in total. The zero-order valence-electron chi connectivity index (χ0n) is 12.9. The Labute approximate surface area is 134 Å². The maximum Gasteiger partial charge on any atom is 0.417 e. The first kappa shape index (κ1) is 14.0. The number of aryl methyl sites for hydroxylation is 1. The van der Waals surface area contributed by atoms with Crippen molar-refractivity contribution in [2.75, 3.05) is 0 Å². The summed E-state index contributed by atoms with van der Waals surface area (Å²) in [5.74, 6) is -0.204. The molecule has 0 bridgehead atoms. The molecule has 2 aromatic rings. The highest BCUT2D eigenvalue weighted by Crippen LogP contribution is 2.42. The molecule has 0 N–H and O–H groups in total. The van der Waals surface area contributed by atoms with E-state index in [1.165, 1.54) is 4.90 Å². The van der Waals surface area contributed by atoms with E-state index in [0.717, 1.165) is 22.3 Å². The zero-order valence-corrected chi connectivity index (χ0v) is 12.9. The van der Waals surface area contributed by atoms with E-state index in [1.54, 1.807) is 0 Å². The molecule has 2 atom stereocenters. The van der Waals surface area contributed by atoms with Gasteiger partial charge in [0.05, 0.1) is 6.42 Å². The van der Waals surface area contributed by atoms with Crippen LogP contribution in [0.25, 0.3) is 0 Å². The first-order valence-electron chi connectivity index (χ1n) is 7.79. The number of amides is 2. The number of carbonyl (C=O) groups is 2. The minimum Gasteiger partial charge on any atom is -0.443 e. The Bertz CT molecular complexity index is 799. The van der Waals surface area contributed by atoms with Crippen molar-refractivity contribution < 1.29 is 14.3 Å². The van der Waals surface area contributed by atoms with Gasteiger partial charge < -0.3 is 4.74 Å². The van der Waals surface area contributed by atoms with Gasteiger partial charge in [0.1, 0.15) is 12.1 Å². The van der Waals surface area contributed by atoms with E-state index in [9.17, 15) is 9.59 Å². The van der Waals surface area contributed by atoms with Crippen LogP contribution in [0.3, 0.4) is 0 Å². The predicted molar refractivity (Wildman–Crippen MR) is 84.9 cm³/mol. The Morgan fingerprint density at radius 1 is 1.22 bits per heavy atom. The monoisotopic (exact) mass is 307 g/mol. The number of nitrogens with zero attached hydrogens (tertiary/aromatic N) is 1. The van der Waals surface area contributed by atoms with Crippen LogP contribution in [0.5, 0.6) is 0 Å². The molecule has 4 heteroatoms. The smallest absolute Gasteiger partial charge is 0.417 e. The number of carbonyl (C=O) groups excluding carboxylic acids is 2. The molecule has 0 saturated carbocycles. The summed E-state index contributed by atoms with van der Waals surface area (Å²) in [5.41, 5.74) is 4.20. The maximum atomic E-state index is 12.7. The third-order valence-electron chi connectivity index (χ3n) is 4.58. The molecule has 0 aromatic heterocycles. The Kier molecular flexibility index (Phi) is 3.18. The second-order valence-corrected chi connectivity index (χ2v) is 6.20. The Hall–Kier alpha value is -2.62. The van der Waals surface area contributed by atoms with E-state index in [-0.39, 0.29) is 24.5 Å². The van der Waals surface area contributed by atoms with Gasteiger partial charge in [-0.15, -0.1) is 0 Å². The number of hydrogen-bond acceptors (Lipinski definition) is 3. The second-order valence-electron chi connectivity index (χ2n) is 6.20. The highest BCUT2D eigenvalue weighted by Gasteiger charge is 2.50. The van der Waals surface area contributed by atoms with Gasteiger partial charge in [-0.3, -0.25) is 4.79 Å². The highest BCUT2D eigenvalue weighted by molar-refractivity contribution is 5.95. The Balaban J connectivity index is 1.63. The van der Waals surface area contributed by atoms with Crippen LogP contribution in [-0.2, 0) is 22.4 Å². The number of rotatable bonds is 2. The summed E-state index contributed by atoms with van der Waals surface area (Å²) in [6.45, 7) is 1.99. The average molecular weight is 307 g/mol. The molecule has 0 spiro atoms. The Morgan fingerprint density at radius 2 is 2.04 bits per heavy atom. The summed E-state index contributed by atoms with van der Waals surface area (Å²) in [6, 6.07) is 15.4. The molecule has 2 aromatic carbocycles. The SMILES string of the molecule is Cc1cccc(CC(=O)N2C(=O)OC3Cc4ccccc4C32)c1. The van der Waals surface area contributed by atoms with Gasteiger partial charge in [-0.25, -0.2) is 9.69 Å². The highest BCUT2D eigenvalue weighted by atomic mass is 16.6. The van der Waals surface area contributed by atoms with Crippen molar-refractivity contribution in [2.45, 2.75) is 31.9 Å².